The number of hydrogen-bond acceptors (Lipinski definition) is 2. The van der Waals surface area contributed by atoms with Crippen molar-refractivity contribution in [1.29, 1.82) is 0 Å². The summed E-state index contributed by atoms with van der Waals surface area (Å²) in [5.41, 5.74) is 2.29. The third-order valence-electron chi connectivity index (χ3n) is 3.48. The van der Waals surface area contributed by atoms with E-state index in [2.05, 4.69) is 12.1 Å². The van der Waals surface area contributed by atoms with Crippen LogP contribution in [0.3, 0.4) is 0 Å². The summed E-state index contributed by atoms with van der Waals surface area (Å²) in [6.45, 7) is 0.623. The smallest absolute Gasteiger partial charge is 0.263 e. The Morgan fingerprint density at radius 3 is 2.23 bits per heavy atom. The van der Waals surface area contributed by atoms with Crippen molar-refractivity contribution in [2.24, 2.45) is 0 Å². The molecule has 0 saturated carbocycles. The van der Waals surface area contributed by atoms with Crippen LogP contribution < -0.4 is 0 Å². The second-order valence-electron chi connectivity index (χ2n) is 5.18. The van der Waals surface area contributed by atoms with Crippen LogP contribution in [0.5, 0.6) is 0 Å². The molecule has 0 N–H and O–H groups in total. The highest BCUT2D eigenvalue weighted by Gasteiger charge is 2.15. The number of carbonyl (C=O) groups excluding carboxylic acids is 1. The van der Waals surface area contributed by atoms with Crippen molar-refractivity contribution in [2.45, 2.75) is 6.54 Å². The lowest BCUT2D eigenvalue weighted by Crippen LogP contribution is -2.25. The molecular weight excluding hydrogens is 290 g/mol. The Morgan fingerprint density at radius 1 is 0.909 bits per heavy atom. The molecule has 0 atom stereocenters. The highest BCUT2D eigenvalue weighted by molar-refractivity contribution is 7.17. The number of nitrogens with zero attached hydrogens (tertiary/aromatic N) is 1. The monoisotopic (exact) mass is 307 g/mol. The first-order valence-electron chi connectivity index (χ1n) is 7.19. The zero-order valence-corrected chi connectivity index (χ0v) is 13.2. The van der Waals surface area contributed by atoms with Gasteiger partial charge in [-0.3, -0.25) is 4.79 Å². The van der Waals surface area contributed by atoms with E-state index in [0.29, 0.717) is 6.54 Å². The van der Waals surface area contributed by atoms with E-state index in [0.717, 1.165) is 20.9 Å². The van der Waals surface area contributed by atoms with Gasteiger partial charge in [-0.05, 0) is 23.3 Å². The lowest BCUT2D eigenvalue weighted by Gasteiger charge is -2.16. The zero-order valence-electron chi connectivity index (χ0n) is 12.4. The second kappa shape index (κ2) is 6.58. The van der Waals surface area contributed by atoms with Crippen LogP contribution in [-0.4, -0.2) is 17.9 Å². The van der Waals surface area contributed by atoms with Gasteiger partial charge in [0.15, 0.2) is 0 Å². The van der Waals surface area contributed by atoms with E-state index in [1.165, 1.54) is 0 Å². The Balaban J connectivity index is 1.74. The molecule has 0 radical (unpaired) electrons. The Bertz CT molecular complexity index is 749. The standard InChI is InChI=1S/C19H17NOS/c1-20(14-15-8-4-2-5-9-15)19(21)18-13-12-17(22-18)16-10-6-3-7-11-16/h2-13H,14H2,1H3. The fourth-order valence-corrected chi connectivity index (χ4v) is 3.33. The molecule has 3 rings (SSSR count). The zero-order chi connectivity index (χ0) is 15.4. The van der Waals surface area contributed by atoms with Gasteiger partial charge in [0.25, 0.3) is 5.91 Å². The molecule has 0 aliphatic carbocycles. The Morgan fingerprint density at radius 2 is 1.55 bits per heavy atom. The molecule has 0 bridgehead atoms. The summed E-state index contributed by atoms with van der Waals surface area (Å²) in [5, 5.41) is 0. The summed E-state index contributed by atoms with van der Waals surface area (Å²) in [6.07, 6.45) is 0. The molecule has 2 aromatic carbocycles. The molecule has 0 unspecified atom stereocenters. The van der Waals surface area contributed by atoms with Crippen LogP contribution in [0.15, 0.2) is 72.8 Å². The fraction of sp³-hybridized carbons (Fsp3) is 0.105. The molecular formula is C19H17NOS. The summed E-state index contributed by atoms with van der Waals surface area (Å²) in [5.74, 6) is 0.0658. The number of amides is 1. The molecule has 0 fully saturated rings. The van der Waals surface area contributed by atoms with Gasteiger partial charge in [-0.2, -0.15) is 0 Å². The van der Waals surface area contributed by atoms with Crippen molar-refractivity contribution in [3.63, 3.8) is 0 Å². The van der Waals surface area contributed by atoms with Crippen molar-refractivity contribution >= 4 is 17.2 Å². The predicted octanol–water partition coefficient (Wildman–Crippen LogP) is 4.69. The van der Waals surface area contributed by atoms with Gasteiger partial charge >= 0.3 is 0 Å². The number of rotatable bonds is 4. The average molecular weight is 307 g/mol. The van der Waals surface area contributed by atoms with Gasteiger partial charge < -0.3 is 4.90 Å². The van der Waals surface area contributed by atoms with Gasteiger partial charge in [0, 0.05) is 18.5 Å². The molecule has 0 saturated heterocycles. The third kappa shape index (κ3) is 3.26. The van der Waals surface area contributed by atoms with Crippen LogP contribution >= 0.6 is 11.3 Å². The molecule has 0 aliphatic heterocycles. The minimum atomic E-state index is 0.0658. The minimum absolute atomic E-state index is 0.0658. The van der Waals surface area contributed by atoms with Crippen LogP contribution in [0, 0.1) is 0 Å². The first-order chi connectivity index (χ1) is 10.7. The maximum atomic E-state index is 12.5. The fourth-order valence-electron chi connectivity index (χ4n) is 2.33. The van der Waals surface area contributed by atoms with Crippen molar-refractivity contribution in [3.8, 4) is 10.4 Å². The van der Waals surface area contributed by atoms with Gasteiger partial charge in [-0.1, -0.05) is 60.7 Å². The van der Waals surface area contributed by atoms with Crippen LogP contribution in [0.25, 0.3) is 10.4 Å². The molecule has 2 nitrogen and oxygen atoms in total. The molecule has 22 heavy (non-hydrogen) atoms. The van der Waals surface area contributed by atoms with E-state index < -0.39 is 0 Å². The van der Waals surface area contributed by atoms with Crippen LogP contribution in [0.2, 0.25) is 0 Å². The first kappa shape index (κ1) is 14.5. The molecule has 3 aromatic rings. The molecule has 1 heterocycles. The van der Waals surface area contributed by atoms with Crippen LogP contribution in [-0.2, 0) is 6.54 Å². The highest BCUT2D eigenvalue weighted by atomic mass is 32.1. The predicted molar refractivity (Wildman–Crippen MR) is 92.0 cm³/mol. The topological polar surface area (TPSA) is 20.3 Å². The second-order valence-corrected chi connectivity index (χ2v) is 6.26. The van der Waals surface area contributed by atoms with Crippen molar-refractivity contribution in [1.82, 2.24) is 4.90 Å². The largest absolute Gasteiger partial charge is 0.337 e. The lowest BCUT2D eigenvalue weighted by atomic mass is 10.2. The van der Waals surface area contributed by atoms with E-state index in [1.807, 2.05) is 67.7 Å². The minimum Gasteiger partial charge on any atom is -0.337 e. The van der Waals surface area contributed by atoms with E-state index in [1.54, 1.807) is 16.2 Å². The third-order valence-corrected chi connectivity index (χ3v) is 4.61. The molecule has 1 amide bonds. The maximum Gasteiger partial charge on any atom is 0.263 e. The van der Waals surface area contributed by atoms with Crippen molar-refractivity contribution in [3.05, 3.63) is 83.2 Å². The van der Waals surface area contributed by atoms with Gasteiger partial charge in [-0.25, -0.2) is 0 Å². The van der Waals surface area contributed by atoms with Crippen molar-refractivity contribution < 1.29 is 4.79 Å². The molecule has 1 aromatic heterocycles. The van der Waals surface area contributed by atoms with Crippen LogP contribution in [0.4, 0.5) is 0 Å². The van der Waals surface area contributed by atoms with Gasteiger partial charge in [-0.15, -0.1) is 11.3 Å². The van der Waals surface area contributed by atoms with E-state index in [9.17, 15) is 4.79 Å². The van der Waals surface area contributed by atoms with Gasteiger partial charge in [0.05, 0.1) is 4.88 Å². The normalized spacial score (nSPS) is 10.4. The van der Waals surface area contributed by atoms with Crippen LogP contribution in [0.1, 0.15) is 15.2 Å². The summed E-state index contributed by atoms with van der Waals surface area (Å²) in [7, 11) is 1.84. The molecule has 0 spiro atoms. The van der Waals surface area contributed by atoms with Gasteiger partial charge in [0.2, 0.25) is 0 Å². The summed E-state index contributed by atoms with van der Waals surface area (Å²) in [4.78, 5) is 16.2. The Hall–Kier alpha value is -2.39. The van der Waals surface area contributed by atoms with Gasteiger partial charge in [0.1, 0.15) is 0 Å². The maximum absolute atomic E-state index is 12.5. The van der Waals surface area contributed by atoms with E-state index in [4.69, 9.17) is 0 Å². The van der Waals surface area contributed by atoms with E-state index >= 15 is 0 Å². The Labute approximate surface area is 134 Å². The summed E-state index contributed by atoms with van der Waals surface area (Å²) >= 11 is 1.54. The number of carbonyl (C=O) groups is 1. The number of benzene rings is 2. The average Bonchev–Trinajstić information content (AvgIpc) is 3.06. The lowest BCUT2D eigenvalue weighted by molar-refractivity contribution is 0.0790. The summed E-state index contributed by atoms with van der Waals surface area (Å²) < 4.78 is 0. The summed E-state index contributed by atoms with van der Waals surface area (Å²) in [6, 6.07) is 24.1. The quantitative estimate of drug-likeness (QED) is 0.685. The first-order valence-corrected chi connectivity index (χ1v) is 8.00. The number of thiophene rings is 1. The highest BCUT2D eigenvalue weighted by Crippen LogP contribution is 2.28. The number of hydrogen-bond donors (Lipinski definition) is 0. The van der Waals surface area contributed by atoms with Crippen molar-refractivity contribution in [2.75, 3.05) is 7.05 Å². The molecule has 110 valence electrons. The SMILES string of the molecule is CN(Cc1ccccc1)C(=O)c1ccc(-c2ccccc2)s1. The van der Waals surface area contributed by atoms with E-state index in [-0.39, 0.29) is 5.91 Å². The molecule has 3 heteroatoms. The molecule has 0 aliphatic rings. The Kier molecular flexibility index (Phi) is 4.35.